The van der Waals surface area contributed by atoms with E-state index in [2.05, 4.69) is 19.4 Å². The molecular weight excluding hydrogens is 421 g/mol. The van der Waals surface area contributed by atoms with Crippen LogP contribution >= 0.6 is 11.6 Å². The zero-order valence-corrected chi connectivity index (χ0v) is 18.4. The maximum atomic E-state index is 15.2. The summed E-state index contributed by atoms with van der Waals surface area (Å²) < 4.78 is 40.1. The second-order valence-electron chi connectivity index (χ2n) is 7.07. The molecule has 1 heterocycles. The van der Waals surface area contributed by atoms with Gasteiger partial charge >= 0.3 is 5.97 Å². The maximum Gasteiger partial charge on any atom is 0.358 e. The molecule has 0 unspecified atom stereocenters. The van der Waals surface area contributed by atoms with Crippen LogP contribution in [0.5, 0.6) is 11.6 Å². The Labute approximate surface area is 177 Å². The minimum Gasteiger partial charge on any atom is -0.598 e. The van der Waals surface area contributed by atoms with Gasteiger partial charge in [-0.25, -0.2) is 19.2 Å². The molecule has 2 aromatic rings. The normalized spacial score (nSPS) is 13.7. The Balaban J connectivity index is 2.31. The average molecular weight is 444 g/mol. The molecule has 0 saturated heterocycles. The van der Waals surface area contributed by atoms with E-state index in [0.717, 1.165) is 6.20 Å². The van der Waals surface area contributed by atoms with Crippen molar-refractivity contribution >= 4 is 28.9 Å². The van der Waals surface area contributed by atoms with Gasteiger partial charge in [0.05, 0.1) is 30.6 Å². The van der Waals surface area contributed by atoms with Gasteiger partial charge in [0.2, 0.25) is 5.88 Å². The number of benzene rings is 1. The van der Waals surface area contributed by atoms with Crippen LogP contribution in [-0.4, -0.2) is 32.3 Å². The molecule has 2 atom stereocenters. The molecule has 0 fully saturated rings. The lowest BCUT2D eigenvalue weighted by Crippen LogP contribution is -2.41. The first-order valence-electron chi connectivity index (χ1n) is 8.82. The Morgan fingerprint density at radius 1 is 1.34 bits per heavy atom. The van der Waals surface area contributed by atoms with E-state index >= 15 is 4.39 Å². The van der Waals surface area contributed by atoms with Crippen LogP contribution < -0.4 is 9.46 Å². The smallest absolute Gasteiger partial charge is 0.358 e. The van der Waals surface area contributed by atoms with Gasteiger partial charge in [-0.05, 0) is 33.3 Å². The minimum absolute atomic E-state index is 0.0138. The summed E-state index contributed by atoms with van der Waals surface area (Å²) in [6.45, 7) is 7.33. The number of methoxy groups -OCH3 is 1. The molecule has 0 aliphatic rings. The number of rotatable bonds is 7. The molecule has 2 rings (SSSR count). The molecule has 0 amide bonds. The number of carbonyl (C=O) groups is 1. The van der Waals surface area contributed by atoms with E-state index in [1.165, 1.54) is 25.4 Å². The predicted octanol–water partition coefficient (Wildman–Crippen LogP) is 4.35. The molecular formula is C19H23ClFN3O4S. The van der Waals surface area contributed by atoms with Crippen molar-refractivity contribution in [3.8, 4) is 11.6 Å². The topological polar surface area (TPSA) is 96.4 Å². The van der Waals surface area contributed by atoms with Crippen molar-refractivity contribution in [2.45, 2.75) is 44.9 Å². The third kappa shape index (κ3) is 5.79. The Kier molecular flexibility index (Phi) is 7.81. The molecule has 1 aromatic heterocycles. The Morgan fingerprint density at radius 2 is 2.03 bits per heavy atom. The summed E-state index contributed by atoms with van der Waals surface area (Å²) in [5.41, 5.74) is 0.253. The highest BCUT2D eigenvalue weighted by Gasteiger charge is 2.31. The number of halogens is 2. The Hall–Kier alpha value is -1.94. The van der Waals surface area contributed by atoms with Gasteiger partial charge in [-0.2, -0.15) is 0 Å². The molecule has 0 radical (unpaired) electrons. The second-order valence-corrected chi connectivity index (χ2v) is 9.48. The van der Waals surface area contributed by atoms with Crippen molar-refractivity contribution in [1.82, 2.24) is 14.7 Å². The van der Waals surface area contributed by atoms with Gasteiger partial charge in [0.1, 0.15) is 4.75 Å². The van der Waals surface area contributed by atoms with Crippen molar-refractivity contribution in [3.63, 3.8) is 0 Å². The summed E-state index contributed by atoms with van der Waals surface area (Å²) >= 11 is 4.72. The van der Waals surface area contributed by atoms with E-state index in [-0.39, 0.29) is 27.9 Å². The SMILES string of the molecule is CC[C@@H](N[S@+]([O-])C(C)(C)C)c1ccc(Cl)c(Oc2cnc(C(=O)OC)cn2)c1F. The molecule has 10 heteroatoms. The monoisotopic (exact) mass is 443 g/mol. The Bertz CT molecular complexity index is 862. The molecule has 0 saturated carbocycles. The fourth-order valence-corrected chi connectivity index (χ4v) is 3.36. The van der Waals surface area contributed by atoms with Crippen LogP contribution in [0, 0.1) is 5.82 Å². The number of nitrogens with one attached hydrogen (secondary N) is 1. The molecule has 7 nitrogen and oxygen atoms in total. The van der Waals surface area contributed by atoms with Crippen LogP contribution in [0.15, 0.2) is 24.5 Å². The fraction of sp³-hybridized carbons (Fsp3) is 0.421. The van der Waals surface area contributed by atoms with E-state index in [1.807, 2.05) is 27.7 Å². The van der Waals surface area contributed by atoms with Crippen LogP contribution in [0.25, 0.3) is 0 Å². The van der Waals surface area contributed by atoms with Gasteiger partial charge in [-0.3, -0.25) is 0 Å². The molecule has 158 valence electrons. The lowest BCUT2D eigenvalue weighted by Gasteiger charge is -2.28. The van der Waals surface area contributed by atoms with Crippen molar-refractivity contribution in [2.75, 3.05) is 7.11 Å². The lowest BCUT2D eigenvalue weighted by atomic mass is 10.0. The van der Waals surface area contributed by atoms with Crippen LogP contribution in [0.3, 0.4) is 0 Å². The van der Waals surface area contributed by atoms with E-state index < -0.39 is 33.9 Å². The van der Waals surface area contributed by atoms with Crippen LogP contribution in [0.4, 0.5) is 4.39 Å². The first-order chi connectivity index (χ1) is 13.6. The minimum atomic E-state index is -1.39. The summed E-state index contributed by atoms with van der Waals surface area (Å²) in [6.07, 6.45) is 2.81. The van der Waals surface area contributed by atoms with Crippen molar-refractivity contribution in [2.24, 2.45) is 0 Å². The highest BCUT2D eigenvalue weighted by Crippen LogP contribution is 2.36. The quantitative estimate of drug-likeness (QED) is 0.501. The molecule has 0 aliphatic heterocycles. The average Bonchev–Trinajstić information content (AvgIpc) is 2.68. The predicted molar refractivity (Wildman–Crippen MR) is 109 cm³/mol. The lowest BCUT2D eigenvalue weighted by molar-refractivity contribution is 0.0593. The number of aromatic nitrogens is 2. The number of esters is 1. The summed E-state index contributed by atoms with van der Waals surface area (Å²) in [5.74, 6) is -1.62. The van der Waals surface area contributed by atoms with Crippen molar-refractivity contribution in [3.05, 3.63) is 46.6 Å². The molecule has 29 heavy (non-hydrogen) atoms. The fourth-order valence-electron chi connectivity index (χ4n) is 2.27. The van der Waals surface area contributed by atoms with E-state index in [1.54, 1.807) is 0 Å². The number of ether oxygens (including phenoxy) is 2. The summed E-state index contributed by atoms with van der Waals surface area (Å²) in [4.78, 5) is 19.2. The number of hydrogen-bond donors (Lipinski definition) is 1. The molecule has 1 N–H and O–H groups in total. The zero-order chi connectivity index (χ0) is 21.8. The molecule has 0 spiro atoms. The number of carbonyl (C=O) groups excluding carboxylic acids is 1. The van der Waals surface area contributed by atoms with E-state index in [9.17, 15) is 9.35 Å². The maximum absolute atomic E-state index is 15.2. The zero-order valence-electron chi connectivity index (χ0n) is 16.8. The van der Waals surface area contributed by atoms with Gasteiger partial charge in [-0.15, -0.1) is 4.72 Å². The summed E-state index contributed by atoms with van der Waals surface area (Å²) in [7, 11) is 1.22. The van der Waals surface area contributed by atoms with Crippen molar-refractivity contribution < 1.29 is 23.2 Å². The van der Waals surface area contributed by atoms with E-state index in [4.69, 9.17) is 16.3 Å². The van der Waals surface area contributed by atoms with Crippen LogP contribution in [0.1, 0.15) is 56.2 Å². The summed E-state index contributed by atoms with van der Waals surface area (Å²) in [6, 6.07) is 2.51. The molecule has 1 aromatic carbocycles. The van der Waals surface area contributed by atoms with Crippen molar-refractivity contribution in [1.29, 1.82) is 0 Å². The standard InChI is InChI=1S/C19H23ClFN3O4S/c1-6-13(24-29(26)19(2,3)4)11-7-8-12(20)17(16(11)21)28-15-10-22-14(9-23-15)18(25)27-5/h7-10,13,24H,6H2,1-5H3/t13-,29-/m1/s1. The third-order valence-corrected chi connectivity index (χ3v) is 5.81. The van der Waals surface area contributed by atoms with E-state index in [0.29, 0.717) is 6.42 Å². The third-order valence-electron chi connectivity index (χ3n) is 3.90. The largest absolute Gasteiger partial charge is 0.598 e. The number of hydrogen-bond acceptors (Lipinski definition) is 7. The molecule has 0 aliphatic carbocycles. The highest BCUT2D eigenvalue weighted by molar-refractivity contribution is 7.90. The van der Waals surface area contributed by atoms with Crippen LogP contribution in [0.2, 0.25) is 5.02 Å². The first kappa shape index (κ1) is 23.3. The Morgan fingerprint density at radius 3 is 2.55 bits per heavy atom. The highest BCUT2D eigenvalue weighted by atomic mass is 35.5. The second kappa shape index (κ2) is 9.71. The van der Waals surface area contributed by atoms with Gasteiger partial charge < -0.3 is 14.0 Å². The van der Waals surface area contributed by atoms with Gasteiger partial charge in [-0.1, -0.05) is 24.6 Å². The van der Waals surface area contributed by atoms with Gasteiger partial charge in [0.15, 0.2) is 17.3 Å². The van der Waals surface area contributed by atoms with Gasteiger partial charge in [0.25, 0.3) is 0 Å². The van der Waals surface area contributed by atoms with Gasteiger partial charge in [0, 0.05) is 16.9 Å². The van der Waals surface area contributed by atoms with Crippen LogP contribution in [-0.2, 0) is 16.1 Å². The summed E-state index contributed by atoms with van der Waals surface area (Å²) in [5, 5.41) is 0.0388. The number of nitrogens with zero attached hydrogens (tertiary/aromatic N) is 2. The first-order valence-corrected chi connectivity index (χ1v) is 10.3. The molecule has 0 bridgehead atoms.